The topological polar surface area (TPSA) is 47.9 Å². The molecule has 1 aliphatic heterocycles. The van der Waals surface area contributed by atoms with Gasteiger partial charge < -0.3 is 19.3 Å². The van der Waals surface area contributed by atoms with E-state index in [1.165, 1.54) is 0 Å². The smallest absolute Gasteiger partial charge is 0.168 e. The van der Waals surface area contributed by atoms with E-state index < -0.39 is 0 Å². The number of rotatable bonds is 1. The maximum absolute atomic E-state index is 10.5. The molecule has 18 heavy (non-hydrogen) atoms. The Bertz CT molecular complexity index is 313. The molecule has 4 atom stereocenters. The molecule has 0 aromatic rings. The summed E-state index contributed by atoms with van der Waals surface area (Å²) in [5, 5.41) is 10.5. The first-order chi connectivity index (χ1) is 8.60. The Labute approximate surface area is 109 Å². The van der Waals surface area contributed by atoms with E-state index in [1.54, 1.807) is 7.11 Å². The van der Waals surface area contributed by atoms with Crippen molar-refractivity contribution in [1.29, 1.82) is 0 Å². The lowest BCUT2D eigenvalue weighted by molar-refractivity contribution is -0.236. The van der Waals surface area contributed by atoms with Crippen molar-refractivity contribution < 1.29 is 19.3 Å². The minimum absolute atomic E-state index is 0.00860. The Balaban J connectivity index is 1.78. The van der Waals surface area contributed by atoms with Crippen LogP contribution in [0.25, 0.3) is 0 Å². The average molecular weight is 256 g/mol. The molecule has 3 aliphatic rings. The van der Waals surface area contributed by atoms with Gasteiger partial charge in [-0.1, -0.05) is 6.92 Å². The van der Waals surface area contributed by atoms with Crippen LogP contribution in [0.15, 0.2) is 0 Å². The van der Waals surface area contributed by atoms with Crippen LogP contribution < -0.4 is 0 Å². The largest absolute Gasteiger partial charge is 0.390 e. The summed E-state index contributed by atoms with van der Waals surface area (Å²) < 4.78 is 17.1. The predicted molar refractivity (Wildman–Crippen MR) is 66.1 cm³/mol. The lowest BCUT2D eigenvalue weighted by Gasteiger charge is -2.54. The zero-order valence-corrected chi connectivity index (χ0v) is 11.4. The molecule has 0 radical (unpaired) electrons. The number of aliphatic hydroxyl groups is 1. The third-order valence-electron chi connectivity index (χ3n) is 5.48. The zero-order chi connectivity index (χ0) is 12.8. The molecule has 3 fully saturated rings. The van der Waals surface area contributed by atoms with Gasteiger partial charge in [-0.2, -0.15) is 0 Å². The van der Waals surface area contributed by atoms with Gasteiger partial charge in [0.15, 0.2) is 5.79 Å². The molecule has 1 heterocycles. The molecule has 0 bridgehead atoms. The number of methoxy groups -OCH3 is 1. The van der Waals surface area contributed by atoms with Crippen LogP contribution in [0.4, 0.5) is 0 Å². The first-order valence-electron chi connectivity index (χ1n) is 7.08. The predicted octanol–water partition coefficient (Wildman–Crippen LogP) is 1.71. The molecule has 104 valence electrons. The standard InChI is InChI=1S/C14H24O4/c1-13-5-6-14(17-7-8-18-14)9-10(13)3-4-11(16-2)12(13)15/h10-12,15H,3-9H2,1-2H3/t10-,11+,12+,13-/m1/s1. The van der Waals surface area contributed by atoms with Crippen LogP contribution in [-0.4, -0.2) is 43.4 Å². The lowest BCUT2D eigenvalue weighted by Crippen LogP contribution is -2.56. The van der Waals surface area contributed by atoms with Crippen LogP contribution >= 0.6 is 0 Å². The summed E-state index contributed by atoms with van der Waals surface area (Å²) in [5.74, 6) is 0.134. The minimum atomic E-state index is -0.361. The van der Waals surface area contributed by atoms with E-state index in [0.29, 0.717) is 19.1 Å². The van der Waals surface area contributed by atoms with Gasteiger partial charge in [-0.15, -0.1) is 0 Å². The highest BCUT2D eigenvalue weighted by molar-refractivity contribution is 5.03. The number of fused-ring (bicyclic) bond motifs is 1. The van der Waals surface area contributed by atoms with E-state index in [-0.39, 0.29) is 23.4 Å². The molecule has 0 amide bonds. The van der Waals surface area contributed by atoms with Crippen molar-refractivity contribution in [3.63, 3.8) is 0 Å². The van der Waals surface area contributed by atoms with Gasteiger partial charge in [-0.3, -0.25) is 0 Å². The summed E-state index contributed by atoms with van der Waals surface area (Å²) in [6.07, 6.45) is 4.45. The van der Waals surface area contributed by atoms with Gasteiger partial charge in [-0.25, -0.2) is 0 Å². The summed E-state index contributed by atoms with van der Waals surface area (Å²) in [6, 6.07) is 0. The Morgan fingerprint density at radius 2 is 1.89 bits per heavy atom. The van der Waals surface area contributed by atoms with Gasteiger partial charge in [-0.05, 0) is 30.6 Å². The van der Waals surface area contributed by atoms with Crippen LogP contribution in [0.2, 0.25) is 0 Å². The quantitative estimate of drug-likeness (QED) is 0.776. The van der Waals surface area contributed by atoms with E-state index in [9.17, 15) is 5.11 Å². The molecule has 2 aliphatic carbocycles. The SMILES string of the molecule is CO[C@H]1CC[C@@H]2CC3(CC[C@@]2(C)[C@H]1O)OCCO3. The van der Waals surface area contributed by atoms with Crippen molar-refractivity contribution >= 4 is 0 Å². The summed E-state index contributed by atoms with van der Waals surface area (Å²) in [6.45, 7) is 3.63. The van der Waals surface area contributed by atoms with Gasteiger partial charge in [0.2, 0.25) is 0 Å². The maximum atomic E-state index is 10.5. The van der Waals surface area contributed by atoms with Crippen molar-refractivity contribution in [2.75, 3.05) is 20.3 Å². The molecule has 1 N–H and O–H groups in total. The normalized spacial score (nSPS) is 47.2. The van der Waals surface area contributed by atoms with Crippen molar-refractivity contribution in [3.05, 3.63) is 0 Å². The van der Waals surface area contributed by atoms with Crippen LogP contribution in [0, 0.1) is 11.3 Å². The molecule has 4 nitrogen and oxygen atoms in total. The average Bonchev–Trinajstić information content (AvgIpc) is 2.82. The van der Waals surface area contributed by atoms with E-state index in [1.807, 2.05) is 0 Å². The first-order valence-corrected chi connectivity index (χ1v) is 7.08. The minimum Gasteiger partial charge on any atom is -0.390 e. The lowest BCUT2D eigenvalue weighted by atomic mass is 9.57. The molecule has 0 aromatic heterocycles. The van der Waals surface area contributed by atoms with Crippen molar-refractivity contribution in [2.24, 2.45) is 11.3 Å². The third kappa shape index (κ3) is 1.82. The molecule has 0 aromatic carbocycles. The van der Waals surface area contributed by atoms with Crippen LogP contribution in [-0.2, 0) is 14.2 Å². The number of ether oxygens (including phenoxy) is 3. The van der Waals surface area contributed by atoms with E-state index >= 15 is 0 Å². The highest BCUT2D eigenvalue weighted by Crippen LogP contribution is 2.55. The Morgan fingerprint density at radius 1 is 1.17 bits per heavy atom. The van der Waals surface area contributed by atoms with E-state index in [0.717, 1.165) is 32.1 Å². The Morgan fingerprint density at radius 3 is 2.56 bits per heavy atom. The monoisotopic (exact) mass is 256 g/mol. The van der Waals surface area contributed by atoms with Gasteiger partial charge in [0.1, 0.15) is 0 Å². The van der Waals surface area contributed by atoms with Gasteiger partial charge >= 0.3 is 0 Å². The zero-order valence-electron chi connectivity index (χ0n) is 11.4. The second-order valence-electron chi connectivity index (χ2n) is 6.31. The highest BCUT2D eigenvalue weighted by Gasteiger charge is 2.55. The molecule has 1 saturated heterocycles. The summed E-state index contributed by atoms with van der Waals surface area (Å²) in [7, 11) is 1.70. The van der Waals surface area contributed by atoms with Gasteiger partial charge in [0.25, 0.3) is 0 Å². The second-order valence-corrected chi connectivity index (χ2v) is 6.31. The van der Waals surface area contributed by atoms with Crippen LogP contribution in [0.3, 0.4) is 0 Å². The molecular formula is C14H24O4. The molecule has 2 saturated carbocycles. The van der Waals surface area contributed by atoms with Crippen molar-refractivity contribution in [3.8, 4) is 0 Å². The van der Waals surface area contributed by atoms with Crippen LogP contribution in [0.5, 0.6) is 0 Å². The first kappa shape index (κ1) is 12.9. The summed E-state index contributed by atoms with van der Waals surface area (Å²) in [5.41, 5.74) is -0.0422. The second kappa shape index (κ2) is 4.44. The fraction of sp³-hybridized carbons (Fsp3) is 1.00. The number of aliphatic hydroxyl groups excluding tert-OH is 1. The third-order valence-corrected chi connectivity index (χ3v) is 5.48. The van der Waals surface area contributed by atoms with E-state index in [4.69, 9.17) is 14.2 Å². The maximum Gasteiger partial charge on any atom is 0.168 e. The molecule has 4 heteroatoms. The fourth-order valence-corrected chi connectivity index (χ4v) is 4.15. The Hall–Kier alpha value is -0.160. The number of hydrogen-bond acceptors (Lipinski definition) is 4. The number of hydrogen-bond donors (Lipinski definition) is 1. The molecule has 0 unspecified atom stereocenters. The van der Waals surface area contributed by atoms with Crippen molar-refractivity contribution in [2.45, 2.75) is 57.0 Å². The molecular weight excluding hydrogens is 232 g/mol. The highest BCUT2D eigenvalue weighted by atomic mass is 16.7. The van der Waals surface area contributed by atoms with Gasteiger partial charge in [0.05, 0.1) is 25.4 Å². The van der Waals surface area contributed by atoms with Crippen LogP contribution in [0.1, 0.15) is 39.0 Å². The van der Waals surface area contributed by atoms with Crippen molar-refractivity contribution in [1.82, 2.24) is 0 Å². The Kier molecular flexibility index (Phi) is 3.17. The molecule has 3 rings (SSSR count). The summed E-state index contributed by atoms with van der Waals surface area (Å²) in [4.78, 5) is 0. The van der Waals surface area contributed by atoms with E-state index in [2.05, 4.69) is 6.92 Å². The molecule has 1 spiro atoms. The summed E-state index contributed by atoms with van der Waals surface area (Å²) >= 11 is 0. The fourth-order valence-electron chi connectivity index (χ4n) is 4.15. The van der Waals surface area contributed by atoms with Gasteiger partial charge in [0, 0.05) is 20.0 Å².